The quantitative estimate of drug-likeness (QED) is 0.686. The maximum Gasteiger partial charge on any atom is 0.0890 e. The molecular weight excluding hydrogens is 370 g/mol. The monoisotopic (exact) mass is 401 g/mol. The highest BCUT2D eigenvalue weighted by atomic mass is 15.4. The lowest BCUT2D eigenvalue weighted by atomic mass is 9.81. The number of nitrogens with one attached hydrogen (secondary N) is 2. The van der Waals surface area contributed by atoms with E-state index in [0.717, 1.165) is 55.0 Å². The van der Waals surface area contributed by atoms with Gasteiger partial charge in [-0.15, -0.1) is 0 Å². The van der Waals surface area contributed by atoms with Gasteiger partial charge in [-0.1, -0.05) is 42.5 Å². The number of fused-ring (bicyclic) bond motifs is 1. The summed E-state index contributed by atoms with van der Waals surface area (Å²) in [6.45, 7) is 6.30. The molecule has 156 valence electrons. The highest BCUT2D eigenvalue weighted by Crippen LogP contribution is 2.28. The van der Waals surface area contributed by atoms with Crippen molar-refractivity contribution in [3.05, 3.63) is 71.5 Å². The van der Waals surface area contributed by atoms with Crippen molar-refractivity contribution in [1.82, 2.24) is 25.7 Å². The van der Waals surface area contributed by atoms with Gasteiger partial charge in [0.05, 0.1) is 22.4 Å². The van der Waals surface area contributed by atoms with Crippen LogP contribution in [0.2, 0.25) is 0 Å². The normalized spacial score (nSPS) is 25.0. The van der Waals surface area contributed by atoms with Crippen LogP contribution < -0.4 is 10.9 Å². The molecule has 3 aromatic rings. The number of hydrazine groups is 1. The Balaban J connectivity index is 1.27. The van der Waals surface area contributed by atoms with Crippen LogP contribution in [0.1, 0.15) is 29.8 Å². The summed E-state index contributed by atoms with van der Waals surface area (Å²) < 4.78 is 0. The van der Waals surface area contributed by atoms with Crippen molar-refractivity contribution in [1.29, 1.82) is 0 Å². The van der Waals surface area contributed by atoms with E-state index >= 15 is 0 Å². The topological polar surface area (TPSA) is 53.1 Å². The third-order valence-electron chi connectivity index (χ3n) is 6.75. The van der Waals surface area contributed by atoms with E-state index in [2.05, 4.69) is 59.1 Å². The fourth-order valence-corrected chi connectivity index (χ4v) is 5.19. The summed E-state index contributed by atoms with van der Waals surface area (Å²) in [5, 5.41) is 0. The number of hydrogen-bond acceptors (Lipinski definition) is 5. The molecule has 3 heterocycles. The van der Waals surface area contributed by atoms with Crippen LogP contribution in [0, 0.1) is 18.8 Å². The number of rotatable bonds is 5. The molecule has 2 N–H and O–H groups in total. The van der Waals surface area contributed by atoms with E-state index < -0.39 is 0 Å². The van der Waals surface area contributed by atoms with Gasteiger partial charge in [0, 0.05) is 25.7 Å². The molecule has 1 aromatic heterocycles. The Morgan fingerprint density at radius 1 is 1.00 bits per heavy atom. The largest absolute Gasteiger partial charge is 0.297 e. The minimum Gasteiger partial charge on any atom is -0.297 e. The van der Waals surface area contributed by atoms with Gasteiger partial charge >= 0.3 is 0 Å². The zero-order valence-electron chi connectivity index (χ0n) is 17.7. The molecule has 5 heteroatoms. The molecule has 3 atom stereocenters. The van der Waals surface area contributed by atoms with Gasteiger partial charge in [-0.25, -0.2) is 9.97 Å². The highest BCUT2D eigenvalue weighted by Gasteiger charge is 2.36. The van der Waals surface area contributed by atoms with Crippen molar-refractivity contribution >= 4 is 11.0 Å². The number of nitrogens with zero attached hydrogens (tertiary/aromatic N) is 3. The lowest BCUT2D eigenvalue weighted by Crippen LogP contribution is -2.47. The second kappa shape index (κ2) is 8.80. The second-order valence-corrected chi connectivity index (χ2v) is 8.88. The predicted molar refractivity (Wildman–Crippen MR) is 121 cm³/mol. The zero-order valence-corrected chi connectivity index (χ0v) is 17.7. The first-order valence-corrected chi connectivity index (χ1v) is 11.2. The van der Waals surface area contributed by atoms with Crippen LogP contribution in [-0.2, 0) is 13.0 Å². The second-order valence-electron chi connectivity index (χ2n) is 8.88. The molecule has 2 saturated heterocycles. The van der Waals surface area contributed by atoms with Gasteiger partial charge in [0.25, 0.3) is 0 Å². The Hall–Kier alpha value is -2.34. The van der Waals surface area contributed by atoms with Crippen LogP contribution in [0.25, 0.3) is 11.0 Å². The first-order chi connectivity index (χ1) is 14.8. The van der Waals surface area contributed by atoms with E-state index in [1.165, 1.54) is 18.4 Å². The molecule has 0 radical (unpaired) electrons. The van der Waals surface area contributed by atoms with Crippen molar-refractivity contribution in [3.63, 3.8) is 0 Å². The first-order valence-electron chi connectivity index (χ1n) is 11.2. The van der Waals surface area contributed by atoms with Crippen LogP contribution >= 0.6 is 0 Å². The third-order valence-corrected chi connectivity index (χ3v) is 6.75. The molecule has 5 nitrogen and oxygen atoms in total. The molecule has 0 amide bonds. The maximum absolute atomic E-state index is 4.93. The number of piperidine rings is 1. The minimum absolute atomic E-state index is 0.525. The lowest BCUT2D eigenvalue weighted by molar-refractivity contribution is 0.130. The van der Waals surface area contributed by atoms with E-state index in [1.54, 1.807) is 0 Å². The molecule has 30 heavy (non-hydrogen) atoms. The lowest BCUT2D eigenvalue weighted by Gasteiger charge is -2.37. The van der Waals surface area contributed by atoms with Gasteiger partial charge in [-0.2, -0.15) is 0 Å². The summed E-state index contributed by atoms with van der Waals surface area (Å²) in [4.78, 5) is 12.3. The molecule has 2 aliphatic heterocycles. The molecule has 3 unspecified atom stereocenters. The first kappa shape index (κ1) is 19.6. The maximum atomic E-state index is 4.93. The zero-order chi connectivity index (χ0) is 20.3. The fraction of sp³-hybridized carbons (Fsp3) is 0.440. The van der Waals surface area contributed by atoms with Crippen molar-refractivity contribution in [2.24, 2.45) is 11.8 Å². The SMILES string of the molecule is Cc1nc2ccccc2nc1CN1CCCC(C2NNCC2Cc2ccccc2)C1. The predicted octanol–water partition coefficient (Wildman–Crippen LogP) is 3.49. The molecule has 2 fully saturated rings. The summed E-state index contributed by atoms with van der Waals surface area (Å²) in [5.74, 6) is 1.30. The molecule has 5 rings (SSSR count). The van der Waals surface area contributed by atoms with E-state index in [-0.39, 0.29) is 0 Å². The summed E-state index contributed by atoms with van der Waals surface area (Å²) in [5.41, 5.74) is 12.6. The van der Waals surface area contributed by atoms with Crippen molar-refractivity contribution < 1.29 is 0 Å². The number of aromatic nitrogens is 2. The summed E-state index contributed by atoms with van der Waals surface area (Å²) in [6, 6.07) is 19.6. The Bertz CT molecular complexity index is 989. The summed E-state index contributed by atoms with van der Waals surface area (Å²) >= 11 is 0. The molecular formula is C25H31N5. The molecule has 0 saturated carbocycles. The average Bonchev–Trinajstić information content (AvgIpc) is 3.23. The van der Waals surface area contributed by atoms with E-state index in [4.69, 9.17) is 9.97 Å². The van der Waals surface area contributed by atoms with Gasteiger partial charge in [0.15, 0.2) is 0 Å². The number of para-hydroxylation sites is 2. The Morgan fingerprint density at radius 3 is 2.60 bits per heavy atom. The molecule has 2 aromatic carbocycles. The molecule has 2 aliphatic rings. The van der Waals surface area contributed by atoms with E-state index in [1.807, 2.05) is 18.2 Å². The minimum atomic E-state index is 0.525. The fourth-order valence-electron chi connectivity index (χ4n) is 5.19. The standard InChI is InChI=1S/C25H31N5/c1-18-24(28-23-12-6-5-11-22(23)27-18)17-30-13-7-10-20(16-30)25-21(15-26-29-25)14-19-8-3-2-4-9-19/h2-6,8-9,11-12,20-21,25-26,29H,7,10,13-17H2,1H3. The van der Waals surface area contributed by atoms with Crippen LogP contribution in [0.3, 0.4) is 0 Å². The van der Waals surface area contributed by atoms with Gasteiger partial charge in [-0.3, -0.25) is 15.8 Å². The highest BCUT2D eigenvalue weighted by molar-refractivity contribution is 5.74. The smallest absolute Gasteiger partial charge is 0.0890 e. The Morgan fingerprint density at radius 2 is 1.77 bits per heavy atom. The van der Waals surface area contributed by atoms with Crippen molar-refractivity contribution in [3.8, 4) is 0 Å². The number of benzene rings is 2. The van der Waals surface area contributed by atoms with Gasteiger partial charge in [0.1, 0.15) is 0 Å². The van der Waals surface area contributed by atoms with Gasteiger partial charge in [-0.05, 0) is 62.3 Å². The molecule has 0 bridgehead atoms. The van der Waals surface area contributed by atoms with Crippen LogP contribution in [-0.4, -0.2) is 40.5 Å². The van der Waals surface area contributed by atoms with Crippen LogP contribution in [0.4, 0.5) is 0 Å². The van der Waals surface area contributed by atoms with Gasteiger partial charge < -0.3 is 0 Å². The van der Waals surface area contributed by atoms with Crippen molar-refractivity contribution in [2.45, 2.75) is 38.8 Å². The number of aryl methyl sites for hydroxylation is 1. The van der Waals surface area contributed by atoms with E-state index in [9.17, 15) is 0 Å². The Labute approximate surface area is 178 Å². The third kappa shape index (κ3) is 4.24. The molecule has 0 spiro atoms. The summed E-state index contributed by atoms with van der Waals surface area (Å²) in [7, 11) is 0. The number of hydrogen-bond donors (Lipinski definition) is 2. The van der Waals surface area contributed by atoms with Crippen molar-refractivity contribution in [2.75, 3.05) is 19.6 Å². The van der Waals surface area contributed by atoms with E-state index in [0.29, 0.717) is 17.9 Å². The van der Waals surface area contributed by atoms with Crippen LogP contribution in [0.5, 0.6) is 0 Å². The Kier molecular flexibility index (Phi) is 5.75. The number of likely N-dealkylation sites (tertiary alicyclic amines) is 1. The van der Waals surface area contributed by atoms with Crippen LogP contribution in [0.15, 0.2) is 54.6 Å². The van der Waals surface area contributed by atoms with Gasteiger partial charge in [0.2, 0.25) is 0 Å². The summed E-state index contributed by atoms with van der Waals surface area (Å²) in [6.07, 6.45) is 3.68. The average molecular weight is 402 g/mol. The molecule has 0 aliphatic carbocycles.